The van der Waals surface area contributed by atoms with Crippen LogP contribution in [0.4, 0.5) is 0 Å². The molecule has 12 nitrogen and oxygen atoms in total. The van der Waals surface area contributed by atoms with Gasteiger partial charge in [0.25, 0.3) is 0 Å². The largest absolute Gasteiger partial charge is 0.394 e. The lowest BCUT2D eigenvalue weighted by atomic mass is 9.45. The molecular weight excluding hydrogens is 658 g/mol. The quantitative estimate of drug-likeness (QED) is 0.204. The van der Waals surface area contributed by atoms with E-state index in [4.69, 9.17) is 18.9 Å². The first kappa shape index (κ1) is 37.2. The van der Waals surface area contributed by atoms with E-state index in [0.29, 0.717) is 42.2 Å². The smallest absolute Gasteiger partial charge is 0.187 e. The molecule has 4 aliphatic heterocycles. The molecule has 8 aliphatic rings. The van der Waals surface area contributed by atoms with Crippen LogP contribution in [0.5, 0.6) is 0 Å². The molecule has 7 N–H and O–H groups in total. The Morgan fingerprint density at radius 1 is 0.824 bits per heavy atom. The van der Waals surface area contributed by atoms with Gasteiger partial charge in [-0.25, -0.2) is 0 Å². The van der Waals surface area contributed by atoms with E-state index in [-0.39, 0.29) is 22.9 Å². The molecule has 0 spiro atoms. The fourth-order valence-electron chi connectivity index (χ4n) is 13.2. The van der Waals surface area contributed by atoms with Gasteiger partial charge >= 0.3 is 0 Å². The van der Waals surface area contributed by atoms with Crippen molar-refractivity contribution in [1.82, 2.24) is 4.90 Å². The SMILES string of the molecule is C[C@H]1CC[C@@H]2[C@@H](C)[C@H]3[C@H](C[C@@]4(O)[C@@H]5CC=C6C[C@@H](O[C@@H]7O[C@H](CO)[C@@H](O[C@@H]8O[C@@H](C)[C@H](O)[C@@H](O)[C@H]8O)[C@H](O)[C@H]7O)CC[C@]6(C)[C@H]5CC[C@]34C)N2C1. The molecule has 0 aromatic carbocycles. The van der Waals surface area contributed by atoms with Crippen molar-refractivity contribution < 1.29 is 54.7 Å². The molecule has 4 aliphatic carbocycles. The highest BCUT2D eigenvalue weighted by molar-refractivity contribution is 5.30. The third-order valence-electron chi connectivity index (χ3n) is 16.1. The lowest BCUT2D eigenvalue weighted by Gasteiger charge is -2.61. The second-order valence-corrected chi connectivity index (χ2v) is 18.6. The number of aliphatic hydroxyl groups excluding tert-OH is 6. The summed E-state index contributed by atoms with van der Waals surface area (Å²) < 4.78 is 23.6. The minimum absolute atomic E-state index is 0.0560. The summed E-state index contributed by atoms with van der Waals surface area (Å²) in [5.74, 6) is 2.47. The molecule has 8 rings (SSSR count). The number of aliphatic hydroxyl groups is 7. The molecule has 0 aromatic rings. The van der Waals surface area contributed by atoms with Gasteiger partial charge < -0.3 is 54.7 Å². The molecule has 7 fully saturated rings. The summed E-state index contributed by atoms with van der Waals surface area (Å²) in [5, 5.41) is 76.1. The summed E-state index contributed by atoms with van der Waals surface area (Å²) in [5.41, 5.74) is 0.514. The molecule has 0 radical (unpaired) electrons. The lowest BCUT2D eigenvalue weighted by Crippen LogP contribution is -2.64. The van der Waals surface area contributed by atoms with Crippen LogP contribution >= 0.6 is 0 Å². The summed E-state index contributed by atoms with van der Waals surface area (Å²) in [4.78, 5) is 2.81. The van der Waals surface area contributed by atoms with E-state index in [1.807, 2.05) is 0 Å². The standard InChI is InChI=1S/C39H63NO11/c1-18-6-9-25-19(2)28-26(40(25)16-18)15-39(47)24-8-7-21-14-22(10-12-37(21,4)23(24)11-13-38(28,39)5)49-36-33(46)31(44)34(27(17-41)50-36)51-35-32(45)30(43)29(42)20(3)48-35/h7,18-20,22-36,41-47H,6,8-17H2,1-5H3/t18-,19+,20-,22-,23-,24+,25+,26-,27+,28-,29-,30+,31+,32+,33+,34+,35-,36+,37-,38+,39+/m0/s1. The Kier molecular flexibility index (Phi) is 9.62. The van der Waals surface area contributed by atoms with Crippen molar-refractivity contribution in [2.45, 2.75) is 178 Å². The summed E-state index contributed by atoms with van der Waals surface area (Å²) in [6, 6.07) is 1.13. The van der Waals surface area contributed by atoms with Gasteiger partial charge in [0, 0.05) is 24.0 Å². The molecule has 12 heteroatoms. The topological polar surface area (TPSA) is 182 Å². The normalized spacial score (nSPS) is 58.5. The molecule has 0 amide bonds. The van der Waals surface area contributed by atoms with E-state index < -0.39 is 73.6 Å². The van der Waals surface area contributed by atoms with E-state index in [9.17, 15) is 35.7 Å². The summed E-state index contributed by atoms with van der Waals surface area (Å²) in [7, 11) is 0. The Labute approximate surface area is 302 Å². The number of hydrogen-bond acceptors (Lipinski definition) is 12. The zero-order chi connectivity index (χ0) is 36.4. The number of ether oxygens (including phenoxy) is 4. The number of fused-ring (bicyclic) bond motifs is 9. The first-order chi connectivity index (χ1) is 24.1. The van der Waals surface area contributed by atoms with Gasteiger partial charge in [-0.3, -0.25) is 4.90 Å². The second kappa shape index (κ2) is 13.2. The van der Waals surface area contributed by atoms with Crippen molar-refractivity contribution in [2.75, 3.05) is 13.2 Å². The maximum atomic E-state index is 13.0. The zero-order valence-corrected chi connectivity index (χ0v) is 31.0. The number of rotatable bonds is 5. The fourth-order valence-corrected chi connectivity index (χ4v) is 13.2. The molecule has 3 saturated carbocycles. The van der Waals surface area contributed by atoms with Crippen LogP contribution in [0.3, 0.4) is 0 Å². The molecule has 0 bridgehead atoms. The molecule has 0 aromatic heterocycles. The monoisotopic (exact) mass is 721 g/mol. The molecule has 290 valence electrons. The predicted octanol–water partition coefficient (Wildman–Crippen LogP) is 1.45. The van der Waals surface area contributed by atoms with Crippen LogP contribution in [0.15, 0.2) is 11.6 Å². The van der Waals surface area contributed by atoms with Gasteiger partial charge in [-0.2, -0.15) is 0 Å². The fraction of sp³-hybridized carbons (Fsp3) is 0.949. The third kappa shape index (κ3) is 5.51. The van der Waals surface area contributed by atoms with Gasteiger partial charge in [0.05, 0.1) is 24.4 Å². The van der Waals surface area contributed by atoms with Crippen LogP contribution in [-0.4, -0.2) is 139 Å². The Morgan fingerprint density at radius 2 is 1.55 bits per heavy atom. The molecule has 4 saturated heterocycles. The van der Waals surface area contributed by atoms with Crippen molar-refractivity contribution in [1.29, 1.82) is 0 Å². The summed E-state index contributed by atoms with van der Waals surface area (Å²) in [6.45, 7) is 11.8. The van der Waals surface area contributed by atoms with Crippen LogP contribution in [0, 0.1) is 40.4 Å². The van der Waals surface area contributed by atoms with Gasteiger partial charge in [-0.15, -0.1) is 0 Å². The van der Waals surface area contributed by atoms with Crippen LogP contribution in [0.25, 0.3) is 0 Å². The third-order valence-corrected chi connectivity index (χ3v) is 16.1. The maximum Gasteiger partial charge on any atom is 0.187 e. The van der Waals surface area contributed by atoms with Gasteiger partial charge in [0.2, 0.25) is 0 Å². The second-order valence-electron chi connectivity index (χ2n) is 18.6. The van der Waals surface area contributed by atoms with Crippen molar-refractivity contribution in [3.05, 3.63) is 11.6 Å². The van der Waals surface area contributed by atoms with Gasteiger partial charge in [-0.1, -0.05) is 39.3 Å². The van der Waals surface area contributed by atoms with E-state index >= 15 is 0 Å². The first-order valence-electron chi connectivity index (χ1n) is 19.9. The molecule has 0 unspecified atom stereocenters. The zero-order valence-electron chi connectivity index (χ0n) is 31.0. The van der Waals surface area contributed by atoms with Gasteiger partial charge in [0.15, 0.2) is 12.6 Å². The number of hydrogen-bond donors (Lipinski definition) is 7. The minimum Gasteiger partial charge on any atom is -0.394 e. The lowest BCUT2D eigenvalue weighted by molar-refractivity contribution is -0.360. The highest BCUT2D eigenvalue weighted by atomic mass is 16.7. The van der Waals surface area contributed by atoms with E-state index in [2.05, 4.69) is 38.7 Å². The van der Waals surface area contributed by atoms with Gasteiger partial charge in [-0.05, 0) is 99.7 Å². The number of piperidine rings is 1. The van der Waals surface area contributed by atoms with Crippen molar-refractivity contribution >= 4 is 0 Å². The molecule has 4 heterocycles. The number of allylic oxidation sites excluding steroid dienone is 1. The average Bonchev–Trinajstić information content (AvgIpc) is 3.52. The first-order valence-corrected chi connectivity index (χ1v) is 19.9. The Morgan fingerprint density at radius 3 is 2.29 bits per heavy atom. The van der Waals surface area contributed by atoms with E-state index in [1.165, 1.54) is 25.3 Å². The predicted molar refractivity (Wildman–Crippen MR) is 184 cm³/mol. The van der Waals surface area contributed by atoms with Crippen LogP contribution in [0.2, 0.25) is 0 Å². The van der Waals surface area contributed by atoms with Gasteiger partial charge in [0.1, 0.15) is 42.7 Å². The van der Waals surface area contributed by atoms with E-state index in [1.54, 1.807) is 0 Å². The highest BCUT2D eigenvalue weighted by Gasteiger charge is 2.72. The van der Waals surface area contributed by atoms with Crippen molar-refractivity contribution in [3.63, 3.8) is 0 Å². The Balaban J connectivity index is 0.943. The molecule has 51 heavy (non-hydrogen) atoms. The van der Waals surface area contributed by atoms with E-state index in [0.717, 1.165) is 45.1 Å². The molecule has 21 atom stereocenters. The van der Waals surface area contributed by atoms with Crippen LogP contribution in [-0.2, 0) is 18.9 Å². The maximum absolute atomic E-state index is 13.0. The van der Waals surface area contributed by atoms with Crippen molar-refractivity contribution in [3.8, 4) is 0 Å². The van der Waals surface area contributed by atoms with Crippen molar-refractivity contribution in [2.24, 2.45) is 40.4 Å². The summed E-state index contributed by atoms with van der Waals surface area (Å²) in [6.07, 6.45) is -2.55. The number of nitrogens with zero attached hydrogens (tertiary/aromatic N) is 1. The van der Waals surface area contributed by atoms with Crippen LogP contribution in [0.1, 0.15) is 92.4 Å². The molecular formula is C39H63NO11. The Hall–Kier alpha value is -0.740. The van der Waals surface area contributed by atoms with Crippen LogP contribution < -0.4 is 0 Å². The summed E-state index contributed by atoms with van der Waals surface area (Å²) >= 11 is 0. The Bertz CT molecular complexity index is 1330. The highest BCUT2D eigenvalue weighted by Crippen LogP contribution is 2.71. The minimum atomic E-state index is -1.62. The average molecular weight is 722 g/mol.